The Morgan fingerprint density at radius 2 is 2.25 bits per heavy atom. The van der Waals surface area contributed by atoms with Gasteiger partial charge in [-0.2, -0.15) is 0 Å². The number of nitrogens with one attached hydrogen (secondary N) is 1. The number of nitrogens with two attached hydrogens (primary N) is 1. The molecule has 2 aromatic rings. The monoisotopic (exact) mass is 272 g/mol. The minimum atomic E-state index is -0.225. The zero-order valence-corrected chi connectivity index (χ0v) is 11.2. The third kappa shape index (κ3) is 3.68. The number of carbonyl (C=O) groups excluding carboxylic acids is 1. The molecule has 0 fully saturated rings. The van der Waals surface area contributed by atoms with E-state index in [1.54, 1.807) is 30.5 Å². The van der Waals surface area contributed by atoms with Crippen molar-refractivity contribution in [3.63, 3.8) is 0 Å². The summed E-state index contributed by atoms with van der Waals surface area (Å²) in [5, 5.41) is 2.77. The van der Waals surface area contributed by atoms with E-state index in [0.717, 1.165) is 5.69 Å². The van der Waals surface area contributed by atoms with Crippen molar-refractivity contribution in [3.8, 4) is 5.75 Å². The molecule has 0 aliphatic heterocycles. The number of carbonyl (C=O) groups is 1. The Labute approximate surface area is 117 Å². The zero-order chi connectivity index (χ0) is 14.4. The quantitative estimate of drug-likeness (QED) is 0.803. The molecule has 104 valence electrons. The highest BCUT2D eigenvalue weighted by Gasteiger charge is 2.08. The van der Waals surface area contributed by atoms with Crippen molar-refractivity contribution in [1.82, 2.24) is 15.3 Å². The molecule has 2 rings (SSSR count). The Morgan fingerprint density at radius 1 is 1.40 bits per heavy atom. The Bertz CT molecular complexity index is 587. The molecule has 0 aliphatic rings. The summed E-state index contributed by atoms with van der Waals surface area (Å²) >= 11 is 0. The number of nitrogens with zero attached hydrogens (tertiary/aromatic N) is 2. The van der Waals surface area contributed by atoms with E-state index in [1.807, 2.05) is 6.92 Å². The fraction of sp³-hybridized carbons (Fsp3) is 0.214. The third-order valence-electron chi connectivity index (χ3n) is 2.58. The van der Waals surface area contributed by atoms with Crippen LogP contribution in [0.3, 0.4) is 0 Å². The lowest BCUT2D eigenvalue weighted by atomic mass is 10.1. The minimum Gasteiger partial charge on any atom is -0.494 e. The van der Waals surface area contributed by atoms with Gasteiger partial charge in [-0.3, -0.25) is 4.79 Å². The number of anilines is 1. The first-order chi connectivity index (χ1) is 9.69. The van der Waals surface area contributed by atoms with Gasteiger partial charge in [-0.05, 0) is 25.1 Å². The number of rotatable bonds is 5. The largest absolute Gasteiger partial charge is 0.494 e. The van der Waals surface area contributed by atoms with Crippen molar-refractivity contribution in [2.24, 2.45) is 0 Å². The minimum absolute atomic E-state index is 0.225. The van der Waals surface area contributed by atoms with Crippen molar-refractivity contribution < 1.29 is 9.53 Å². The number of benzene rings is 1. The number of ether oxygens (including phenoxy) is 1. The van der Waals surface area contributed by atoms with Crippen LogP contribution in [0.2, 0.25) is 0 Å². The second-order valence-corrected chi connectivity index (χ2v) is 4.11. The number of hydrogen-bond acceptors (Lipinski definition) is 5. The molecule has 0 saturated carbocycles. The number of amides is 1. The summed E-state index contributed by atoms with van der Waals surface area (Å²) in [5.74, 6) is 0.358. The lowest BCUT2D eigenvalue weighted by molar-refractivity contribution is 0.0950. The Balaban J connectivity index is 2.05. The fourth-order valence-electron chi connectivity index (χ4n) is 1.70. The summed E-state index contributed by atoms with van der Waals surface area (Å²) in [7, 11) is 0. The molecule has 0 atom stereocenters. The van der Waals surface area contributed by atoms with Gasteiger partial charge in [0.15, 0.2) is 0 Å². The van der Waals surface area contributed by atoms with Crippen LogP contribution in [0.25, 0.3) is 0 Å². The smallest absolute Gasteiger partial charge is 0.251 e. The summed E-state index contributed by atoms with van der Waals surface area (Å²) < 4.78 is 5.36. The molecule has 0 unspecified atom stereocenters. The highest BCUT2D eigenvalue weighted by atomic mass is 16.5. The molecule has 1 aromatic carbocycles. The molecule has 0 spiro atoms. The van der Waals surface area contributed by atoms with E-state index in [4.69, 9.17) is 10.5 Å². The van der Waals surface area contributed by atoms with Gasteiger partial charge in [0.25, 0.3) is 5.91 Å². The van der Waals surface area contributed by atoms with Gasteiger partial charge in [-0.1, -0.05) is 0 Å². The number of nitrogen functional groups attached to an aromatic ring is 1. The van der Waals surface area contributed by atoms with Crippen molar-refractivity contribution in [2.45, 2.75) is 13.5 Å². The second kappa shape index (κ2) is 6.51. The van der Waals surface area contributed by atoms with Crippen LogP contribution in [0.4, 0.5) is 5.69 Å². The molecular formula is C14H16N4O2. The van der Waals surface area contributed by atoms with Gasteiger partial charge in [0, 0.05) is 23.5 Å². The van der Waals surface area contributed by atoms with Crippen LogP contribution >= 0.6 is 0 Å². The first-order valence-corrected chi connectivity index (χ1v) is 6.25. The van der Waals surface area contributed by atoms with Crippen LogP contribution in [0.1, 0.15) is 23.0 Å². The van der Waals surface area contributed by atoms with Crippen molar-refractivity contribution in [2.75, 3.05) is 12.3 Å². The summed E-state index contributed by atoms with van der Waals surface area (Å²) in [5.41, 5.74) is 7.44. The predicted octanol–water partition coefficient (Wildman–Crippen LogP) is 1.39. The predicted molar refractivity (Wildman–Crippen MR) is 75.2 cm³/mol. The van der Waals surface area contributed by atoms with Gasteiger partial charge < -0.3 is 15.8 Å². The Hall–Kier alpha value is -2.63. The molecule has 0 bridgehead atoms. The summed E-state index contributed by atoms with van der Waals surface area (Å²) in [6.45, 7) is 2.73. The first-order valence-electron chi connectivity index (χ1n) is 6.25. The summed E-state index contributed by atoms with van der Waals surface area (Å²) in [6.07, 6.45) is 3.07. The summed E-state index contributed by atoms with van der Waals surface area (Å²) in [6, 6.07) is 6.70. The van der Waals surface area contributed by atoms with E-state index in [9.17, 15) is 4.79 Å². The highest BCUT2D eigenvalue weighted by molar-refractivity contribution is 5.95. The average Bonchev–Trinajstić information content (AvgIpc) is 2.45. The normalized spacial score (nSPS) is 10.1. The van der Waals surface area contributed by atoms with E-state index in [-0.39, 0.29) is 5.91 Å². The van der Waals surface area contributed by atoms with Crippen LogP contribution in [0.15, 0.2) is 36.8 Å². The second-order valence-electron chi connectivity index (χ2n) is 4.11. The van der Waals surface area contributed by atoms with Crippen LogP contribution in [0.5, 0.6) is 5.75 Å². The SMILES string of the molecule is CCOc1cc(N)cc(C(=O)NCc2ccncn2)c1. The molecule has 0 saturated heterocycles. The topological polar surface area (TPSA) is 90.1 Å². The maximum absolute atomic E-state index is 12.1. The molecular weight excluding hydrogens is 256 g/mol. The maximum Gasteiger partial charge on any atom is 0.251 e. The van der Waals surface area contributed by atoms with Crippen LogP contribution < -0.4 is 15.8 Å². The molecule has 6 heteroatoms. The lowest BCUT2D eigenvalue weighted by Crippen LogP contribution is -2.23. The Kier molecular flexibility index (Phi) is 4.49. The van der Waals surface area contributed by atoms with Crippen molar-refractivity contribution in [1.29, 1.82) is 0 Å². The first kappa shape index (κ1) is 13.8. The molecule has 1 amide bonds. The van der Waals surface area contributed by atoms with Gasteiger partial charge in [0.1, 0.15) is 12.1 Å². The standard InChI is InChI=1S/C14H16N4O2/c1-2-20-13-6-10(5-11(15)7-13)14(19)17-8-12-3-4-16-9-18-12/h3-7,9H,2,8,15H2,1H3,(H,17,19). The van der Waals surface area contributed by atoms with E-state index >= 15 is 0 Å². The van der Waals surface area contributed by atoms with E-state index in [1.165, 1.54) is 6.33 Å². The van der Waals surface area contributed by atoms with Gasteiger partial charge in [-0.25, -0.2) is 9.97 Å². The van der Waals surface area contributed by atoms with E-state index in [2.05, 4.69) is 15.3 Å². The molecule has 1 heterocycles. The van der Waals surface area contributed by atoms with Crippen molar-refractivity contribution in [3.05, 3.63) is 48.0 Å². The van der Waals surface area contributed by atoms with Crippen LogP contribution in [-0.4, -0.2) is 22.5 Å². The zero-order valence-electron chi connectivity index (χ0n) is 11.2. The van der Waals surface area contributed by atoms with Gasteiger partial charge >= 0.3 is 0 Å². The highest BCUT2D eigenvalue weighted by Crippen LogP contribution is 2.18. The fourth-order valence-corrected chi connectivity index (χ4v) is 1.70. The van der Waals surface area contributed by atoms with Gasteiger partial charge in [-0.15, -0.1) is 0 Å². The molecule has 20 heavy (non-hydrogen) atoms. The van der Waals surface area contributed by atoms with Crippen LogP contribution in [-0.2, 0) is 6.54 Å². The molecule has 0 aliphatic carbocycles. The molecule has 6 nitrogen and oxygen atoms in total. The lowest BCUT2D eigenvalue weighted by Gasteiger charge is -2.08. The summed E-state index contributed by atoms with van der Waals surface area (Å²) in [4.78, 5) is 19.9. The number of aromatic nitrogens is 2. The van der Waals surface area contributed by atoms with E-state index < -0.39 is 0 Å². The van der Waals surface area contributed by atoms with Crippen molar-refractivity contribution >= 4 is 11.6 Å². The number of hydrogen-bond donors (Lipinski definition) is 2. The molecule has 0 radical (unpaired) electrons. The average molecular weight is 272 g/mol. The third-order valence-corrected chi connectivity index (χ3v) is 2.58. The molecule has 1 aromatic heterocycles. The van der Waals surface area contributed by atoms with Gasteiger partial charge in [0.2, 0.25) is 0 Å². The van der Waals surface area contributed by atoms with E-state index in [0.29, 0.717) is 30.2 Å². The maximum atomic E-state index is 12.1. The molecule has 3 N–H and O–H groups in total. The van der Waals surface area contributed by atoms with Gasteiger partial charge in [0.05, 0.1) is 18.8 Å². The van der Waals surface area contributed by atoms with Crippen LogP contribution in [0, 0.1) is 0 Å². The Morgan fingerprint density at radius 3 is 2.95 bits per heavy atom.